The number of carbonyl (C=O) groups excluding carboxylic acids is 1. The maximum Gasteiger partial charge on any atom is 0.184 e. The fourth-order valence-corrected chi connectivity index (χ4v) is 4.76. The van der Waals surface area contributed by atoms with E-state index in [4.69, 9.17) is 4.74 Å². The van der Waals surface area contributed by atoms with Crippen LogP contribution in [0.2, 0.25) is 0 Å². The summed E-state index contributed by atoms with van der Waals surface area (Å²) in [5, 5.41) is 0. The van der Waals surface area contributed by atoms with E-state index in [0.717, 1.165) is 61.4 Å². The van der Waals surface area contributed by atoms with E-state index < -0.39 is 0 Å². The van der Waals surface area contributed by atoms with E-state index in [1.54, 1.807) is 0 Å². The number of hydrogen-bond donors (Lipinski definition) is 0. The molecular weight excluding hydrogens is 392 g/mol. The lowest BCUT2D eigenvalue weighted by atomic mass is 9.87. The number of rotatable bonds is 2. The zero-order valence-corrected chi connectivity index (χ0v) is 16.0. The van der Waals surface area contributed by atoms with Gasteiger partial charge in [-0.3, -0.25) is 9.79 Å². The zero-order chi connectivity index (χ0) is 17.7. The monoisotopic (exact) mass is 410 g/mol. The molecule has 1 aromatic rings. The molecule has 0 atom stereocenters. The fourth-order valence-electron chi connectivity index (χ4n) is 4.29. The molecule has 2 heterocycles. The standard InChI is InChI=1S/C21H19BrN2O2/c22-14-7-13-11-23-12-20(13)18(8-14)16-1-2-17-19(16)9-15(10-21(17)25)24-3-5-26-6-4-24/h1,7-8,10-11H,2-6,9,12H2. The van der Waals surface area contributed by atoms with Gasteiger partial charge in [0.05, 0.1) is 19.8 Å². The number of halogens is 1. The number of fused-ring (bicyclic) bond motifs is 1. The summed E-state index contributed by atoms with van der Waals surface area (Å²) in [4.78, 5) is 19.5. The Labute approximate surface area is 161 Å². The molecule has 0 unspecified atom stereocenters. The summed E-state index contributed by atoms with van der Waals surface area (Å²) in [5.41, 5.74) is 8.17. The molecule has 0 radical (unpaired) electrons. The topological polar surface area (TPSA) is 41.9 Å². The van der Waals surface area contributed by atoms with Gasteiger partial charge in [0.25, 0.3) is 0 Å². The molecule has 132 valence electrons. The molecule has 1 saturated heterocycles. The van der Waals surface area contributed by atoms with Crippen LogP contribution < -0.4 is 0 Å². The van der Waals surface area contributed by atoms with Crippen molar-refractivity contribution in [2.45, 2.75) is 19.4 Å². The molecule has 4 aliphatic rings. The third-order valence-electron chi connectivity index (χ3n) is 5.59. The Morgan fingerprint density at radius 1 is 1.15 bits per heavy atom. The Morgan fingerprint density at radius 2 is 2.00 bits per heavy atom. The number of benzene rings is 1. The van der Waals surface area contributed by atoms with Crippen molar-refractivity contribution in [2.75, 3.05) is 26.3 Å². The quantitative estimate of drug-likeness (QED) is 0.746. The minimum atomic E-state index is 0.168. The van der Waals surface area contributed by atoms with Gasteiger partial charge >= 0.3 is 0 Å². The zero-order valence-electron chi connectivity index (χ0n) is 14.4. The van der Waals surface area contributed by atoms with Crippen molar-refractivity contribution >= 4 is 33.5 Å². The van der Waals surface area contributed by atoms with Crippen LogP contribution in [0.4, 0.5) is 0 Å². The summed E-state index contributed by atoms with van der Waals surface area (Å²) in [6.07, 6.45) is 7.57. The highest BCUT2D eigenvalue weighted by atomic mass is 79.9. The maximum atomic E-state index is 12.7. The number of carbonyl (C=O) groups is 1. The fraction of sp³-hybridized carbons (Fsp3) is 0.333. The van der Waals surface area contributed by atoms with Crippen molar-refractivity contribution in [1.29, 1.82) is 0 Å². The van der Waals surface area contributed by atoms with E-state index in [9.17, 15) is 4.79 Å². The van der Waals surface area contributed by atoms with Crippen molar-refractivity contribution in [3.63, 3.8) is 0 Å². The van der Waals surface area contributed by atoms with Crippen LogP contribution in [0.15, 0.2) is 50.6 Å². The predicted octanol–water partition coefficient (Wildman–Crippen LogP) is 3.65. The van der Waals surface area contributed by atoms with Crippen molar-refractivity contribution in [2.24, 2.45) is 4.99 Å². The molecular formula is C21H19BrN2O2. The number of ketones is 1. The largest absolute Gasteiger partial charge is 0.378 e. The lowest BCUT2D eigenvalue weighted by molar-refractivity contribution is -0.111. The van der Waals surface area contributed by atoms with Gasteiger partial charge in [0.1, 0.15) is 0 Å². The first-order valence-electron chi connectivity index (χ1n) is 9.03. The first-order chi connectivity index (χ1) is 12.7. The van der Waals surface area contributed by atoms with E-state index in [0.29, 0.717) is 0 Å². The van der Waals surface area contributed by atoms with E-state index in [2.05, 4.69) is 44.0 Å². The van der Waals surface area contributed by atoms with E-state index in [-0.39, 0.29) is 5.78 Å². The van der Waals surface area contributed by atoms with E-state index in [1.807, 2.05) is 12.3 Å². The van der Waals surface area contributed by atoms with Crippen LogP contribution in [0.3, 0.4) is 0 Å². The Hall–Kier alpha value is -1.98. The molecule has 5 heteroatoms. The van der Waals surface area contributed by atoms with Gasteiger partial charge in [-0.05, 0) is 46.4 Å². The predicted molar refractivity (Wildman–Crippen MR) is 105 cm³/mol. The normalized spacial score (nSPS) is 21.7. The highest BCUT2D eigenvalue weighted by Crippen LogP contribution is 2.43. The molecule has 0 aromatic heterocycles. The highest BCUT2D eigenvalue weighted by molar-refractivity contribution is 9.10. The molecule has 2 aliphatic carbocycles. The summed E-state index contributed by atoms with van der Waals surface area (Å²) in [7, 11) is 0. The summed E-state index contributed by atoms with van der Waals surface area (Å²) >= 11 is 3.63. The van der Waals surface area contributed by atoms with Gasteiger partial charge in [-0.1, -0.05) is 22.0 Å². The Morgan fingerprint density at radius 3 is 2.85 bits per heavy atom. The molecule has 0 bridgehead atoms. The van der Waals surface area contributed by atoms with Crippen LogP contribution >= 0.6 is 15.9 Å². The summed E-state index contributed by atoms with van der Waals surface area (Å²) in [6.45, 7) is 3.91. The lowest BCUT2D eigenvalue weighted by Gasteiger charge is -2.33. The van der Waals surface area contributed by atoms with E-state index >= 15 is 0 Å². The van der Waals surface area contributed by atoms with Crippen LogP contribution in [0.5, 0.6) is 0 Å². The van der Waals surface area contributed by atoms with Crippen molar-refractivity contribution in [3.05, 3.63) is 62.3 Å². The van der Waals surface area contributed by atoms with E-state index in [1.165, 1.54) is 27.8 Å². The van der Waals surface area contributed by atoms with Crippen LogP contribution in [-0.2, 0) is 16.1 Å². The van der Waals surface area contributed by atoms with Gasteiger partial charge in [0.2, 0.25) is 0 Å². The molecule has 1 aromatic carbocycles. The third-order valence-corrected chi connectivity index (χ3v) is 6.05. The minimum Gasteiger partial charge on any atom is -0.378 e. The number of aliphatic imine (C=N–C) groups is 1. The second-order valence-corrected chi connectivity index (χ2v) is 7.96. The number of morpholine rings is 1. The second kappa shape index (κ2) is 6.32. The molecule has 2 aliphatic heterocycles. The van der Waals surface area contributed by atoms with Crippen LogP contribution in [0.1, 0.15) is 29.5 Å². The highest BCUT2D eigenvalue weighted by Gasteiger charge is 2.31. The number of ether oxygens (including phenoxy) is 1. The van der Waals surface area contributed by atoms with Gasteiger partial charge in [-0.2, -0.15) is 0 Å². The molecule has 0 amide bonds. The van der Waals surface area contributed by atoms with Crippen molar-refractivity contribution in [3.8, 4) is 0 Å². The average Bonchev–Trinajstić information content (AvgIpc) is 3.28. The van der Waals surface area contributed by atoms with Gasteiger partial charge in [0.15, 0.2) is 5.78 Å². The minimum absolute atomic E-state index is 0.168. The summed E-state index contributed by atoms with van der Waals surface area (Å²) in [6, 6.07) is 4.29. The molecule has 0 spiro atoms. The van der Waals surface area contributed by atoms with Gasteiger partial charge < -0.3 is 9.64 Å². The lowest BCUT2D eigenvalue weighted by Crippen LogP contribution is -2.36. The molecule has 0 N–H and O–H groups in total. The number of nitrogens with zero attached hydrogens (tertiary/aromatic N) is 2. The molecule has 5 rings (SSSR count). The SMILES string of the molecule is O=C1C=C(N2CCOCC2)CC2=C1CC=C2c1cc(Br)cc2c1CN=C2. The first kappa shape index (κ1) is 16.2. The third kappa shape index (κ3) is 2.61. The van der Waals surface area contributed by atoms with Gasteiger partial charge in [-0.15, -0.1) is 0 Å². The smallest absolute Gasteiger partial charge is 0.184 e. The molecule has 0 saturated carbocycles. The van der Waals surface area contributed by atoms with Gasteiger partial charge in [0, 0.05) is 47.5 Å². The Bertz CT molecular complexity index is 934. The maximum absolute atomic E-state index is 12.7. The molecule has 1 fully saturated rings. The Kier molecular flexibility index (Phi) is 3.94. The first-order valence-corrected chi connectivity index (χ1v) is 9.83. The summed E-state index contributed by atoms with van der Waals surface area (Å²) in [5.74, 6) is 0.168. The Balaban J connectivity index is 1.51. The molecule has 4 nitrogen and oxygen atoms in total. The second-order valence-electron chi connectivity index (χ2n) is 7.05. The van der Waals surface area contributed by atoms with Gasteiger partial charge in [-0.25, -0.2) is 0 Å². The van der Waals surface area contributed by atoms with Crippen molar-refractivity contribution < 1.29 is 9.53 Å². The van der Waals surface area contributed by atoms with Crippen LogP contribution in [0, 0.1) is 0 Å². The average molecular weight is 411 g/mol. The van der Waals surface area contributed by atoms with Crippen LogP contribution in [0.25, 0.3) is 5.57 Å². The van der Waals surface area contributed by atoms with Crippen LogP contribution in [-0.4, -0.2) is 43.2 Å². The van der Waals surface area contributed by atoms with Crippen molar-refractivity contribution in [1.82, 2.24) is 4.90 Å². The number of hydrogen-bond acceptors (Lipinski definition) is 4. The summed E-state index contributed by atoms with van der Waals surface area (Å²) < 4.78 is 6.52. The molecule has 26 heavy (non-hydrogen) atoms. The number of allylic oxidation sites excluding steroid dienone is 5.